The van der Waals surface area contributed by atoms with E-state index in [2.05, 4.69) is 4.72 Å². The van der Waals surface area contributed by atoms with E-state index in [9.17, 15) is 17.2 Å². The summed E-state index contributed by atoms with van der Waals surface area (Å²) in [6, 6.07) is 11.3. The van der Waals surface area contributed by atoms with Gasteiger partial charge in [0.15, 0.2) is 0 Å². The Morgan fingerprint density at radius 1 is 1.14 bits per heavy atom. The number of halogens is 2. The summed E-state index contributed by atoms with van der Waals surface area (Å²) >= 11 is 0. The smallest absolute Gasteiger partial charge is 0.240 e. The first-order valence-corrected chi connectivity index (χ1v) is 7.83. The zero-order valence-corrected chi connectivity index (χ0v) is 12.2. The molecule has 0 spiro atoms. The SMILES string of the molecule is Cc1ccc(S(=O)(=O)NCC(F)c2cccc(F)c2)cc1. The first kappa shape index (κ1) is 15.6. The van der Waals surface area contributed by atoms with Gasteiger partial charge in [0.25, 0.3) is 0 Å². The van der Waals surface area contributed by atoms with E-state index in [1.54, 1.807) is 12.1 Å². The van der Waals surface area contributed by atoms with Crippen LogP contribution < -0.4 is 4.72 Å². The van der Waals surface area contributed by atoms with Gasteiger partial charge in [0.05, 0.1) is 4.90 Å². The highest BCUT2D eigenvalue weighted by atomic mass is 32.2. The van der Waals surface area contributed by atoms with Crippen LogP contribution in [-0.2, 0) is 10.0 Å². The molecule has 112 valence electrons. The predicted molar refractivity (Wildman–Crippen MR) is 76.6 cm³/mol. The second-order valence-electron chi connectivity index (χ2n) is 4.69. The van der Waals surface area contributed by atoms with Gasteiger partial charge in [0, 0.05) is 6.54 Å². The molecule has 0 heterocycles. The molecule has 21 heavy (non-hydrogen) atoms. The Balaban J connectivity index is 2.06. The van der Waals surface area contributed by atoms with Gasteiger partial charge in [-0.25, -0.2) is 21.9 Å². The molecule has 0 amide bonds. The molecule has 0 bridgehead atoms. The highest BCUT2D eigenvalue weighted by molar-refractivity contribution is 7.89. The number of sulfonamides is 1. The minimum absolute atomic E-state index is 0.0690. The topological polar surface area (TPSA) is 46.2 Å². The third-order valence-corrected chi connectivity index (χ3v) is 4.43. The number of benzene rings is 2. The van der Waals surface area contributed by atoms with Gasteiger partial charge in [0.1, 0.15) is 12.0 Å². The van der Waals surface area contributed by atoms with Gasteiger partial charge < -0.3 is 0 Å². The molecule has 2 rings (SSSR count). The van der Waals surface area contributed by atoms with Gasteiger partial charge in [0.2, 0.25) is 10.0 Å². The molecule has 2 aromatic rings. The minimum atomic E-state index is -3.77. The molecule has 0 aliphatic carbocycles. The summed E-state index contributed by atoms with van der Waals surface area (Å²) in [6.45, 7) is 1.39. The summed E-state index contributed by atoms with van der Waals surface area (Å²) in [5, 5.41) is 0. The van der Waals surface area contributed by atoms with Crippen LogP contribution in [0.15, 0.2) is 53.4 Å². The molecule has 3 nitrogen and oxygen atoms in total. The van der Waals surface area contributed by atoms with Crippen LogP contribution in [0.25, 0.3) is 0 Å². The average Bonchev–Trinajstić information content (AvgIpc) is 2.45. The van der Waals surface area contributed by atoms with Crippen molar-refractivity contribution in [2.75, 3.05) is 6.54 Å². The van der Waals surface area contributed by atoms with E-state index in [1.807, 2.05) is 6.92 Å². The van der Waals surface area contributed by atoms with Gasteiger partial charge in [-0.3, -0.25) is 0 Å². The summed E-state index contributed by atoms with van der Waals surface area (Å²) < 4.78 is 53.1. The molecule has 1 atom stereocenters. The van der Waals surface area contributed by atoms with Crippen molar-refractivity contribution >= 4 is 10.0 Å². The lowest BCUT2D eigenvalue weighted by atomic mass is 10.1. The first-order valence-electron chi connectivity index (χ1n) is 6.34. The molecule has 0 saturated heterocycles. The maximum absolute atomic E-state index is 13.9. The molecule has 6 heteroatoms. The van der Waals surface area contributed by atoms with Crippen LogP contribution in [-0.4, -0.2) is 15.0 Å². The van der Waals surface area contributed by atoms with Crippen molar-refractivity contribution in [3.05, 3.63) is 65.5 Å². The normalized spacial score (nSPS) is 13.1. The van der Waals surface area contributed by atoms with Crippen molar-refractivity contribution in [2.24, 2.45) is 0 Å². The molecule has 0 fully saturated rings. The van der Waals surface area contributed by atoms with Gasteiger partial charge in [-0.1, -0.05) is 29.8 Å². The number of nitrogens with one attached hydrogen (secondary N) is 1. The first-order chi connectivity index (χ1) is 9.88. The van der Waals surface area contributed by atoms with E-state index >= 15 is 0 Å². The van der Waals surface area contributed by atoms with Crippen LogP contribution in [0.1, 0.15) is 17.3 Å². The second-order valence-corrected chi connectivity index (χ2v) is 6.45. The fourth-order valence-electron chi connectivity index (χ4n) is 1.80. The fourth-order valence-corrected chi connectivity index (χ4v) is 2.83. The Morgan fingerprint density at radius 3 is 2.43 bits per heavy atom. The lowest BCUT2D eigenvalue weighted by molar-refractivity contribution is 0.342. The zero-order valence-electron chi connectivity index (χ0n) is 11.4. The van der Waals surface area contributed by atoms with E-state index in [1.165, 1.54) is 30.3 Å². The number of rotatable bonds is 5. The summed E-state index contributed by atoms with van der Waals surface area (Å²) in [5.74, 6) is -0.559. The van der Waals surface area contributed by atoms with Crippen LogP contribution in [0.5, 0.6) is 0 Å². The maximum atomic E-state index is 13.9. The number of hydrogen-bond donors (Lipinski definition) is 1. The van der Waals surface area contributed by atoms with Gasteiger partial charge in [-0.05, 0) is 36.8 Å². The third kappa shape index (κ3) is 4.09. The van der Waals surface area contributed by atoms with Crippen LogP contribution in [0, 0.1) is 12.7 Å². The highest BCUT2D eigenvalue weighted by Crippen LogP contribution is 2.18. The number of alkyl halides is 1. The van der Waals surface area contributed by atoms with Gasteiger partial charge in [-0.15, -0.1) is 0 Å². The molecule has 1 N–H and O–H groups in total. The van der Waals surface area contributed by atoms with Crippen molar-refractivity contribution in [1.82, 2.24) is 4.72 Å². The van der Waals surface area contributed by atoms with E-state index in [0.29, 0.717) is 0 Å². The van der Waals surface area contributed by atoms with Crippen LogP contribution >= 0.6 is 0 Å². The maximum Gasteiger partial charge on any atom is 0.240 e. The Hall–Kier alpha value is -1.79. The molecular weight excluding hydrogens is 296 g/mol. The Bertz CT molecular complexity index is 715. The monoisotopic (exact) mass is 311 g/mol. The highest BCUT2D eigenvalue weighted by Gasteiger charge is 2.17. The Morgan fingerprint density at radius 2 is 1.81 bits per heavy atom. The summed E-state index contributed by atoms with van der Waals surface area (Å²) in [4.78, 5) is 0.0690. The molecule has 0 aliphatic rings. The van der Waals surface area contributed by atoms with Crippen molar-refractivity contribution in [3.8, 4) is 0 Å². The zero-order chi connectivity index (χ0) is 15.5. The minimum Gasteiger partial charge on any atom is -0.241 e. The molecule has 0 aliphatic heterocycles. The number of hydrogen-bond acceptors (Lipinski definition) is 2. The third-order valence-electron chi connectivity index (χ3n) is 2.99. The molecule has 1 unspecified atom stereocenters. The lowest BCUT2D eigenvalue weighted by Crippen LogP contribution is -2.27. The van der Waals surface area contributed by atoms with E-state index in [-0.39, 0.29) is 10.5 Å². The lowest BCUT2D eigenvalue weighted by Gasteiger charge is -2.11. The largest absolute Gasteiger partial charge is 0.241 e. The molecule has 0 aromatic heterocycles. The molecule has 0 radical (unpaired) electrons. The van der Waals surface area contributed by atoms with Crippen LogP contribution in [0.3, 0.4) is 0 Å². The second kappa shape index (κ2) is 6.32. The molecule has 2 aromatic carbocycles. The van der Waals surface area contributed by atoms with E-state index < -0.39 is 28.6 Å². The standard InChI is InChI=1S/C15H15F2NO2S/c1-11-5-7-14(8-6-11)21(19,20)18-10-15(17)12-3-2-4-13(16)9-12/h2-9,15,18H,10H2,1H3. The van der Waals surface area contributed by atoms with Crippen LogP contribution in [0.4, 0.5) is 8.78 Å². The van der Waals surface area contributed by atoms with Gasteiger partial charge >= 0.3 is 0 Å². The van der Waals surface area contributed by atoms with Crippen LogP contribution in [0.2, 0.25) is 0 Å². The summed E-state index contributed by atoms with van der Waals surface area (Å²) in [6.07, 6.45) is -1.61. The van der Waals surface area contributed by atoms with Crippen molar-refractivity contribution in [1.29, 1.82) is 0 Å². The van der Waals surface area contributed by atoms with Crippen molar-refractivity contribution in [2.45, 2.75) is 18.0 Å². The van der Waals surface area contributed by atoms with E-state index in [4.69, 9.17) is 0 Å². The molecular formula is C15H15F2NO2S. The fraction of sp³-hybridized carbons (Fsp3) is 0.200. The number of aryl methyl sites for hydroxylation is 1. The average molecular weight is 311 g/mol. The summed E-state index contributed by atoms with van der Waals surface area (Å²) in [7, 11) is -3.77. The Kier molecular flexibility index (Phi) is 4.69. The Labute approximate surface area is 122 Å². The van der Waals surface area contributed by atoms with E-state index in [0.717, 1.165) is 11.6 Å². The quantitative estimate of drug-likeness (QED) is 0.922. The summed E-state index contributed by atoms with van der Waals surface area (Å²) in [5.41, 5.74) is 1.03. The predicted octanol–water partition coefficient (Wildman–Crippen LogP) is 3.12. The molecule has 0 saturated carbocycles. The van der Waals surface area contributed by atoms with Crippen molar-refractivity contribution in [3.63, 3.8) is 0 Å². The van der Waals surface area contributed by atoms with Gasteiger partial charge in [-0.2, -0.15) is 0 Å². The van der Waals surface area contributed by atoms with Crippen molar-refractivity contribution < 1.29 is 17.2 Å².